The monoisotopic (exact) mass is 422 g/mol. The molecule has 0 bridgehead atoms. The zero-order chi connectivity index (χ0) is 20.9. The average Bonchev–Trinajstić information content (AvgIpc) is 3.02. The molecule has 0 aliphatic rings. The number of imidazole rings is 1. The van der Waals surface area contributed by atoms with E-state index >= 15 is 0 Å². The third-order valence-electron chi connectivity index (χ3n) is 4.41. The quantitative estimate of drug-likeness (QED) is 0.470. The molecule has 2 aromatic heterocycles. The number of halogens is 5. The fraction of sp³-hybridized carbons (Fsp3) is 0.105. The topological polar surface area (TPSA) is 52.7 Å². The van der Waals surface area contributed by atoms with Crippen LogP contribution in [-0.4, -0.2) is 19.1 Å². The first-order valence-corrected chi connectivity index (χ1v) is 8.66. The van der Waals surface area contributed by atoms with Crippen LogP contribution in [0.2, 0.25) is 5.02 Å². The molecule has 0 fully saturated rings. The molecule has 0 atom stereocenters. The molecule has 0 spiro atoms. The lowest BCUT2D eigenvalue weighted by Gasteiger charge is -2.14. The zero-order valence-corrected chi connectivity index (χ0v) is 15.5. The number of aromatic nitrogens is 4. The molecule has 2 aromatic carbocycles. The first-order valence-electron chi connectivity index (χ1n) is 8.28. The minimum Gasteiger partial charge on any atom is -0.318 e. The van der Waals surface area contributed by atoms with Gasteiger partial charge in [0.25, 0.3) is 5.56 Å². The largest absolute Gasteiger partial charge is 0.318 e. The van der Waals surface area contributed by atoms with Crippen molar-refractivity contribution in [2.24, 2.45) is 7.05 Å². The van der Waals surface area contributed by atoms with Crippen LogP contribution in [0.5, 0.6) is 0 Å². The van der Waals surface area contributed by atoms with Gasteiger partial charge >= 0.3 is 0 Å². The average molecular weight is 423 g/mol. The summed E-state index contributed by atoms with van der Waals surface area (Å²) in [7, 11) is 1.59. The van der Waals surface area contributed by atoms with Gasteiger partial charge in [0.05, 0.1) is 17.0 Å². The van der Waals surface area contributed by atoms with Crippen molar-refractivity contribution in [1.29, 1.82) is 0 Å². The summed E-state index contributed by atoms with van der Waals surface area (Å²) >= 11 is 5.70. The molecule has 0 saturated heterocycles. The van der Waals surface area contributed by atoms with E-state index in [1.54, 1.807) is 7.05 Å². The van der Waals surface area contributed by atoms with Crippen molar-refractivity contribution in [2.75, 3.05) is 0 Å². The predicted molar refractivity (Wildman–Crippen MR) is 98.2 cm³/mol. The molecule has 4 aromatic rings. The number of aryl methyl sites for hydroxylation is 1. The van der Waals surface area contributed by atoms with Crippen molar-refractivity contribution < 1.29 is 17.6 Å². The fourth-order valence-electron chi connectivity index (χ4n) is 3.01. The Labute approximate surface area is 165 Å². The highest BCUT2D eigenvalue weighted by atomic mass is 35.5. The Balaban J connectivity index is 2.00. The molecule has 0 aliphatic carbocycles. The Morgan fingerprint density at radius 3 is 2.38 bits per heavy atom. The number of benzene rings is 2. The molecule has 148 valence electrons. The van der Waals surface area contributed by atoms with Crippen molar-refractivity contribution in [1.82, 2.24) is 19.1 Å². The van der Waals surface area contributed by atoms with Gasteiger partial charge in [-0.25, -0.2) is 27.5 Å². The first kappa shape index (κ1) is 19.1. The molecular weight excluding hydrogens is 412 g/mol. The second kappa shape index (κ2) is 7.00. The van der Waals surface area contributed by atoms with E-state index in [0.29, 0.717) is 12.1 Å². The minimum absolute atomic E-state index is 0.00772. The lowest BCUT2D eigenvalue weighted by molar-refractivity contribution is 0.525. The maximum atomic E-state index is 14.2. The normalized spacial score (nSPS) is 11.4. The van der Waals surface area contributed by atoms with Crippen LogP contribution in [0.3, 0.4) is 0 Å². The van der Waals surface area contributed by atoms with Gasteiger partial charge in [-0.2, -0.15) is 0 Å². The highest BCUT2D eigenvalue weighted by molar-refractivity contribution is 6.30. The Morgan fingerprint density at radius 1 is 1.03 bits per heavy atom. The van der Waals surface area contributed by atoms with Crippen molar-refractivity contribution >= 4 is 22.8 Å². The van der Waals surface area contributed by atoms with Crippen LogP contribution >= 0.6 is 11.6 Å². The predicted octanol–water partition coefficient (Wildman–Crippen LogP) is 3.92. The van der Waals surface area contributed by atoms with Gasteiger partial charge in [-0.15, -0.1) is 0 Å². The number of hydrogen-bond donors (Lipinski definition) is 0. The zero-order valence-electron chi connectivity index (χ0n) is 14.8. The second-order valence-corrected chi connectivity index (χ2v) is 6.73. The summed E-state index contributed by atoms with van der Waals surface area (Å²) < 4.78 is 58.1. The highest BCUT2D eigenvalue weighted by Crippen LogP contribution is 2.22. The summed E-state index contributed by atoms with van der Waals surface area (Å²) in [5.41, 5.74) is -0.918. The lowest BCUT2D eigenvalue weighted by atomic mass is 10.1. The smallest absolute Gasteiger partial charge is 0.286 e. The van der Waals surface area contributed by atoms with E-state index in [4.69, 9.17) is 11.6 Å². The molecule has 0 radical (unpaired) electrons. The summed E-state index contributed by atoms with van der Waals surface area (Å²) in [6, 6.07) is 4.67. The molecule has 0 unspecified atom stereocenters. The molecule has 0 aliphatic heterocycles. The van der Waals surface area contributed by atoms with E-state index in [9.17, 15) is 22.4 Å². The minimum atomic E-state index is -1.13. The van der Waals surface area contributed by atoms with Gasteiger partial charge in [0.15, 0.2) is 11.2 Å². The number of hydrogen-bond acceptors (Lipinski definition) is 3. The number of rotatable bonds is 3. The SMILES string of the molecule is Cn1cnc2c(=O)n(-c3ccc(Cl)c(F)c3)c(Cc3c(F)cc(F)cc3F)nc21. The van der Waals surface area contributed by atoms with Crippen molar-refractivity contribution in [3.8, 4) is 5.69 Å². The van der Waals surface area contributed by atoms with Crippen LogP contribution in [0.25, 0.3) is 16.9 Å². The summed E-state index contributed by atoms with van der Waals surface area (Å²) in [4.78, 5) is 21.3. The van der Waals surface area contributed by atoms with Crippen LogP contribution in [-0.2, 0) is 13.5 Å². The first-order chi connectivity index (χ1) is 13.8. The summed E-state index contributed by atoms with van der Waals surface area (Å²) in [5, 5.41) is -0.161. The van der Waals surface area contributed by atoms with E-state index in [1.165, 1.54) is 23.0 Å². The van der Waals surface area contributed by atoms with Crippen LogP contribution in [0.15, 0.2) is 41.5 Å². The number of fused-ring (bicyclic) bond motifs is 1. The Kier molecular flexibility index (Phi) is 4.62. The summed E-state index contributed by atoms with van der Waals surface area (Å²) in [5.74, 6) is -4.21. The lowest BCUT2D eigenvalue weighted by Crippen LogP contribution is -2.25. The summed E-state index contributed by atoms with van der Waals surface area (Å²) in [6.07, 6.45) is 0.868. The van der Waals surface area contributed by atoms with Gasteiger partial charge < -0.3 is 4.57 Å². The van der Waals surface area contributed by atoms with Gasteiger partial charge in [0.1, 0.15) is 29.1 Å². The summed E-state index contributed by atoms with van der Waals surface area (Å²) in [6.45, 7) is 0. The third-order valence-corrected chi connectivity index (χ3v) is 4.71. The standard InChI is InChI=1S/C19H11ClF4N4O/c1-27-8-25-17-18(27)26-16(7-11-13(22)4-9(21)5-14(11)23)28(19(17)29)10-2-3-12(20)15(24)6-10/h2-6,8H,7H2,1H3. The Bertz CT molecular complexity index is 1310. The molecule has 0 amide bonds. The maximum absolute atomic E-state index is 14.2. The molecule has 0 saturated carbocycles. The van der Waals surface area contributed by atoms with Crippen molar-refractivity contribution in [3.05, 3.63) is 86.7 Å². The van der Waals surface area contributed by atoms with Gasteiger partial charge in [-0.3, -0.25) is 9.36 Å². The number of nitrogens with zero attached hydrogens (tertiary/aromatic N) is 4. The van der Waals surface area contributed by atoms with E-state index in [1.807, 2.05) is 0 Å². The van der Waals surface area contributed by atoms with E-state index in [0.717, 1.165) is 10.6 Å². The Morgan fingerprint density at radius 2 is 1.72 bits per heavy atom. The van der Waals surface area contributed by atoms with Crippen LogP contribution in [0.4, 0.5) is 17.6 Å². The van der Waals surface area contributed by atoms with E-state index in [2.05, 4.69) is 9.97 Å². The molecule has 5 nitrogen and oxygen atoms in total. The molecule has 2 heterocycles. The van der Waals surface area contributed by atoms with Gasteiger partial charge in [-0.05, 0) is 18.2 Å². The molecule has 4 rings (SSSR count). The Hall–Kier alpha value is -3.20. The van der Waals surface area contributed by atoms with Gasteiger partial charge in [-0.1, -0.05) is 11.6 Å². The molecule has 0 N–H and O–H groups in total. The molecule has 29 heavy (non-hydrogen) atoms. The van der Waals surface area contributed by atoms with Crippen LogP contribution in [0.1, 0.15) is 11.4 Å². The second-order valence-electron chi connectivity index (χ2n) is 6.32. The molecule has 10 heteroatoms. The fourth-order valence-corrected chi connectivity index (χ4v) is 3.13. The highest BCUT2D eigenvalue weighted by Gasteiger charge is 2.20. The van der Waals surface area contributed by atoms with Crippen LogP contribution in [0, 0.1) is 23.3 Å². The maximum Gasteiger partial charge on any atom is 0.286 e. The molecular formula is C19H11ClF4N4O. The van der Waals surface area contributed by atoms with E-state index in [-0.39, 0.29) is 27.7 Å². The van der Waals surface area contributed by atoms with Crippen LogP contribution < -0.4 is 5.56 Å². The van der Waals surface area contributed by atoms with Gasteiger partial charge in [0.2, 0.25) is 0 Å². The van der Waals surface area contributed by atoms with Crippen molar-refractivity contribution in [3.63, 3.8) is 0 Å². The van der Waals surface area contributed by atoms with Gasteiger partial charge in [0, 0.05) is 31.2 Å². The van der Waals surface area contributed by atoms with E-state index < -0.39 is 40.8 Å². The van der Waals surface area contributed by atoms with Crippen molar-refractivity contribution in [2.45, 2.75) is 6.42 Å². The third kappa shape index (κ3) is 3.27.